The van der Waals surface area contributed by atoms with Gasteiger partial charge < -0.3 is 4.90 Å². The summed E-state index contributed by atoms with van der Waals surface area (Å²) in [5.41, 5.74) is 0.845. The number of rotatable bonds is 5. The molecule has 2 rings (SSSR count). The lowest BCUT2D eigenvalue weighted by molar-refractivity contribution is 0.102. The van der Waals surface area contributed by atoms with Crippen molar-refractivity contribution in [3.8, 4) is 0 Å². The van der Waals surface area contributed by atoms with E-state index in [2.05, 4.69) is 21.0 Å². The second kappa shape index (κ2) is 6.92. The summed E-state index contributed by atoms with van der Waals surface area (Å²) in [6.07, 6.45) is 1.49. The van der Waals surface area contributed by atoms with E-state index >= 15 is 0 Å². The maximum Gasteiger partial charge on any atom is 0.213 e. The third-order valence-electron chi connectivity index (χ3n) is 2.94. The molecule has 0 saturated carbocycles. The molecule has 0 N–H and O–H groups in total. The van der Waals surface area contributed by atoms with Crippen LogP contribution in [0.2, 0.25) is 10.0 Å². The summed E-state index contributed by atoms with van der Waals surface area (Å²) in [6, 6.07) is 5.07. The Bertz CT molecular complexity index is 670. The molecule has 2 aromatic rings. The fourth-order valence-corrected chi connectivity index (χ4v) is 2.68. The van der Waals surface area contributed by atoms with Crippen molar-refractivity contribution in [1.82, 2.24) is 14.7 Å². The molecule has 0 aliphatic rings. The van der Waals surface area contributed by atoms with Crippen LogP contribution in [-0.4, -0.2) is 41.1 Å². The van der Waals surface area contributed by atoms with Gasteiger partial charge in [-0.25, -0.2) is 0 Å². The van der Waals surface area contributed by atoms with Crippen LogP contribution >= 0.6 is 39.1 Å². The summed E-state index contributed by atoms with van der Waals surface area (Å²) in [6.45, 7) is 1.34. The summed E-state index contributed by atoms with van der Waals surface area (Å²) in [5, 5.41) is 5.01. The van der Waals surface area contributed by atoms with Crippen molar-refractivity contribution in [1.29, 1.82) is 0 Å². The lowest BCUT2D eigenvalue weighted by Gasteiger charge is -2.12. The number of aromatic nitrogens is 2. The van der Waals surface area contributed by atoms with E-state index in [-0.39, 0.29) is 5.78 Å². The first-order chi connectivity index (χ1) is 9.90. The van der Waals surface area contributed by atoms with Crippen LogP contribution < -0.4 is 0 Å². The minimum atomic E-state index is -0.203. The molecule has 0 amide bonds. The molecule has 0 aliphatic carbocycles. The Morgan fingerprint density at radius 2 is 2.10 bits per heavy atom. The van der Waals surface area contributed by atoms with Gasteiger partial charge in [0.25, 0.3) is 0 Å². The van der Waals surface area contributed by atoms with Gasteiger partial charge in [0.1, 0.15) is 5.69 Å². The Morgan fingerprint density at radius 3 is 2.76 bits per heavy atom. The zero-order chi connectivity index (χ0) is 15.6. The van der Waals surface area contributed by atoms with Crippen molar-refractivity contribution in [3.63, 3.8) is 0 Å². The van der Waals surface area contributed by atoms with Gasteiger partial charge in [0.2, 0.25) is 5.78 Å². The number of benzene rings is 1. The number of ketones is 1. The summed E-state index contributed by atoms with van der Waals surface area (Å²) >= 11 is 15.5. The summed E-state index contributed by atoms with van der Waals surface area (Å²) in [4.78, 5) is 14.7. The van der Waals surface area contributed by atoms with E-state index in [0.29, 0.717) is 32.3 Å². The van der Waals surface area contributed by atoms with Crippen molar-refractivity contribution in [2.24, 2.45) is 0 Å². The summed E-state index contributed by atoms with van der Waals surface area (Å²) < 4.78 is 2.30. The molecule has 7 heteroatoms. The van der Waals surface area contributed by atoms with E-state index in [0.717, 1.165) is 6.54 Å². The number of nitrogens with zero attached hydrogens (tertiary/aromatic N) is 3. The lowest BCUT2D eigenvalue weighted by atomic mass is 10.1. The van der Waals surface area contributed by atoms with Crippen molar-refractivity contribution in [2.45, 2.75) is 6.54 Å². The molecule has 0 saturated heterocycles. The summed E-state index contributed by atoms with van der Waals surface area (Å²) in [5.74, 6) is -0.203. The molecule has 1 heterocycles. The maximum atomic E-state index is 12.7. The van der Waals surface area contributed by atoms with Crippen LogP contribution in [0.25, 0.3) is 0 Å². The van der Waals surface area contributed by atoms with Gasteiger partial charge in [-0.05, 0) is 32.3 Å². The maximum absolute atomic E-state index is 12.7. The van der Waals surface area contributed by atoms with E-state index < -0.39 is 0 Å². The Labute approximate surface area is 141 Å². The molecule has 0 aliphatic heterocycles. The van der Waals surface area contributed by atoms with Crippen LogP contribution in [0.5, 0.6) is 0 Å². The molecule has 0 atom stereocenters. The zero-order valence-electron chi connectivity index (χ0n) is 11.6. The van der Waals surface area contributed by atoms with Crippen LogP contribution in [-0.2, 0) is 6.54 Å². The van der Waals surface area contributed by atoms with Gasteiger partial charge in [0.05, 0.1) is 17.8 Å². The van der Waals surface area contributed by atoms with E-state index in [1.165, 1.54) is 6.20 Å². The SMILES string of the molecule is CN(C)CCn1ncc(Cl)c1C(=O)c1cc(Cl)ccc1Br. The van der Waals surface area contributed by atoms with Gasteiger partial charge >= 0.3 is 0 Å². The molecule has 0 unspecified atom stereocenters. The Balaban J connectivity index is 2.39. The Morgan fingerprint density at radius 1 is 1.38 bits per heavy atom. The van der Waals surface area contributed by atoms with E-state index in [9.17, 15) is 4.79 Å². The van der Waals surface area contributed by atoms with Crippen LogP contribution in [0.15, 0.2) is 28.9 Å². The van der Waals surface area contributed by atoms with E-state index in [1.807, 2.05) is 19.0 Å². The molecule has 0 spiro atoms. The van der Waals surface area contributed by atoms with Crippen molar-refractivity contribution in [3.05, 3.63) is 50.2 Å². The first-order valence-electron chi connectivity index (χ1n) is 6.26. The van der Waals surface area contributed by atoms with Crippen LogP contribution in [0, 0.1) is 0 Å². The predicted molar refractivity (Wildman–Crippen MR) is 88.4 cm³/mol. The van der Waals surface area contributed by atoms with Gasteiger partial charge in [-0.3, -0.25) is 9.48 Å². The molecule has 0 fully saturated rings. The average molecular weight is 391 g/mol. The van der Waals surface area contributed by atoms with Crippen molar-refractivity contribution < 1.29 is 4.79 Å². The fourth-order valence-electron chi connectivity index (χ4n) is 1.85. The monoisotopic (exact) mass is 389 g/mol. The smallest absolute Gasteiger partial charge is 0.213 e. The highest BCUT2D eigenvalue weighted by molar-refractivity contribution is 9.10. The normalized spacial score (nSPS) is 11.1. The van der Waals surface area contributed by atoms with Crippen LogP contribution in [0.3, 0.4) is 0 Å². The number of hydrogen-bond donors (Lipinski definition) is 0. The Kier molecular flexibility index (Phi) is 5.43. The predicted octanol–water partition coefficient (Wildman–Crippen LogP) is 3.75. The quantitative estimate of drug-likeness (QED) is 0.729. The third kappa shape index (κ3) is 3.86. The first kappa shape index (κ1) is 16.5. The van der Waals surface area contributed by atoms with Crippen molar-refractivity contribution in [2.75, 3.05) is 20.6 Å². The van der Waals surface area contributed by atoms with Gasteiger partial charge in [0, 0.05) is 21.6 Å². The van der Waals surface area contributed by atoms with E-state index in [4.69, 9.17) is 23.2 Å². The second-order valence-corrected chi connectivity index (χ2v) is 6.52. The molecular formula is C14H14BrCl2N3O. The molecule has 1 aromatic heterocycles. The molecule has 21 heavy (non-hydrogen) atoms. The van der Waals surface area contributed by atoms with Crippen molar-refractivity contribution >= 4 is 44.9 Å². The molecule has 1 aromatic carbocycles. The van der Waals surface area contributed by atoms with E-state index in [1.54, 1.807) is 22.9 Å². The van der Waals surface area contributed by atoms with Gasteiger partial charge in [-0.1, -0.05) is 39.1 Å². The topological polar surface area (TPSA) is 38.1 Å². The number of halogens is 3. The van der Waals surface area contributed by atoms with Crippen LogP contribution in [0.1, 0.15) is 16.1 Å². The average Bonchev–Trinajstić information content (AvgIpc) is 2.79. The number of carbonyl (C=O) groups excluding carboxylic acids is 1. The highest BCUT2D eigenvalue weighted by Gasteiger charge is 2.21. The fraction of sp³-hybridized carbons (Fsp3) is 0.286. The molecule has 0 radical (unpaired) electrons. The van der Waals surface area contributed by atoms with Crippen LogP contribution in [0.4, 0.5) is 0 Å². The highest BCUT2D eigenvalue weighted by Crippen LogP contribution is 2.26. The number of hydrogen-bond acceptors (Lipinski definition) is 3. The Hall–Kier alpha value is -0.880. The molecule has 0 bridgehead atoms. The summed E-state index contributed by atoms with van der Waals surface area (Å²) in [7, 11) is 3.92. The second-order valence-electron chi connectivity index (χ2n) is 4.82. The third-order valence-corrected chi connectivity index (χ3v) is 4.15. The largest absolute Gasteiger partial charge is 0.308 e. The standard InChI is InChI=1S/C14H14BrCl2N3O/c1-19(2)5-6-20-13(12(17)8-18-20)14(21)10-7-9(16)3-4-11(10)15/h3-4,7-8H,5-6H2,1-2H3. The number of likely N-dealkylation sites (N-methyl/N-ethyl adjacent to an activating group) is 1. The molecular weight excluding hydrogens is 377 g/mol. The lowest BCUT2D eigenvalue weighted by Crippen LogP contribution is -2.22. The van der Waals surface area contributed by atoms with Gasteiger partial charge in [-0.2, -0.15) is 5.10 Å². The van der Waals surface area contributed by atoms with Gasteiger partial charge in [-0.15, -0.1) is 0 Å². The molecule has 112 valence electrons. The number of carbonyl (C=O) groups is 1. The first-order valence-corrected chi connectivity index (χ1v) is 7.81. The minimum Gasteiger partial charge on any atom is -0.308 e. The van der Waals surface area contributed by atoms with Gasteiger partial charge in [0.15, 0.2) is 0 Å². The minimum absolute atomic E-state index is 0.203. The highest BCUT2D eigenvalue weighted by atomic mass is 79.9. The molecule has 4 nitrogen and oxygen atoms in total. The zero-order valence-corrected chi connectivity index (χ0v) is 14.7.